The largest absolute Gasteiger partial charge is 0.495 e. The molecule has 1 aromatic rings. The van der Waals surface area contributed by atoms with Gasteiger partial charge in [0.25, 0.3) is 0 Å². The van der Waals surface area contributed by atoms with Gasteiger partial charge in [0.2, 0.25) is 0 Å². The van der Waals surface area contributed by atoms with Gasteiger partial charge < -0.3 is 9.84 Å². The molecule has 1 N–H and O–H groups in total. The van der Waals surface area contributed by atoms with E-state index in [4.69, 9.17) is 21.4 Å². The van der Waals surface area contributed by atoms with Crippen molar-refractivity contribution in [3.63, 3.8) is 0 Å². The molecule has 0 spiro atoms. The van der Waals surface area contributed by atoms with Crippen LogP contribution >= 0.6 is 11.6 Å². The number of halogens is 1. The zero-order chi connectivity index (χ0) is 12.5. The molecule has 0 aliphatic heterocycles. The Hall–Kier alpha value is -1.22. The second-order valence-electron chi connectivity index (χ2n) is 4.60. The number of aromatic carboxylic acids is 1. The molecular formula is C12H15ClO3. The van der Waals surface area contributed by atoms with E-state index in [0.717, 1.165) is 5.56 Å². The standard InChI is InChI=1S/C12H15ClO3/c1-12(2,3)7-5-8(11(14)15)10(13)9(6-7)16-4/h5-6H,1-4H3,(H,14,15). The molecular weight excluding hydrogens is 228 g/mol. The fraction of sp³-hybridized carbons (Fsp3) is 0.417. The van der Waals surface area contributed by atoms with Crippen molar-refractivity contribution in [2.45, 2.75) is 26.2 Å². The summed E-state index contributed by atoms with van der Waals surface area (Å²) in [5.74, 6) is -0.652. The maximum absolute atomic E-state index is 11.0. The second-order valence-corrected chi connectivity index (χ2v) is 4.97. The lowest BCUT2D eigenvalue weighted by Crippen LogP contribution is -2.13. The van der Waals surface area contributed by atoms with Crippen molar-refractivity contribution in [3.8, 4) is 5.75 Å². The highest BCUT2D eigenvalue weighted by Gasteiger charge is 2.21. The highest BCUT2D eigenvalue weighted by molar-refractivity contribution is 6.35. The minimum Gasteiger partial charge on any atom is -0.495 e. The van der Waals surface area contributed by atoms with Gasteiger partial charge in [-0.05, 0) is 23.1 Å². The van der Waals surface area contributed by atoms with Crippen LogP contribution in [0.25, 0.3) is 0 Å². The molecule has 0 bridgehead atoms. The van der Waals surface area contributed by atoms with E-state index in [9.17, 15) is 4.79 Å². The summed E-state index contributed by atoms with van der Waals surface area (Å²) in [6.07, 6.45) is 0. The molecule has 1 aromatic carbocycles. The van der Waals surface area contributed by atoms with Gasteiger partial charge in [0.15, 0.2) is 0 Å². The molecule has 0 aromatic heterocycles. The van der Waals surface area contributed by atoms with Gasteiger partial charge >= 0.3 is 5.97 Å². The lowest BCUT2D eigenvalue weighted by atomic mass is 9.86. The first-order chi connectivity index (χ1) is 7.27. The smallest absolute Gasteiger partial charge is 0.337 e. The Bertz CT molecular complexity index is 419. The number of hydrogen-bond acceptors (Lipinski definition) is 2. The first-order valence-corrected chi connectivity index (χ1v) is 5.26. The van der Waals surface area contributed by atoms with Gasteiger partial charge in [0.1, 0.15) is 5.75 Å². The number of rotatable bonds is 2. The highest BCUT2D eigenvalue weighted by Crippen LogP contribution is 2.34. The Morgan fingerprint density at radius 1 is 1.38 bits per heavy atom. The van der Waals surface area contributed by atoms with E-state index in [1.807, 2.05) is 20.8 Å². The van der Waals surface area contributed by atoms with Gasteiger partial charge in [-0.25, -0.2) is 4.79 Å². The lowest BCUT2D eigenvalue weighted by Gasteiger charge is -2.21. The number of methoxy groups -OCH3 is 1. The predicted octanol–water partition coefficient (Wildman–Crippen LogP) is 3.34. The van der Waals surface area contributed by atoms with Gasteiger partial charge in [-0.3, -0.25) is 0 Å². The fourth-order valence-corrected chi connectivity index (χ4v) is 1.60. The molecule has 0 atom stereocenters. The van der Waals surface area contributed by atoms with E-state index < -0.39 is 5.97 Å². The van der Waals surface area contributed by atoms with Crippen molar-refractivity contribution in [2.75, 3.05) is 7.11 Å². The zero-order valence-electron chi connectivity index (χ0n) is 9.80. The monoisotopic (exact) mass is 242 g/mol. The lowest BCUT2D eigenvalue weighted by molar-refractivity contribution is 0.0696. The zero-order valence-corrected chi connectivity index (χ0v) is 10.6. The van der Waals surface area contributed by atoms with Crippen LogP contribution in [0, 0.1) is 0 Å². The highest BCUT2D eigenvalue weighted by atomic mass is 35.5. The number of carboxylic acids is 1. The number of benzene rings is 1. The van der Waals surface area contributed by atoms with Crippen LogP contribution in [0.15, 0.2) is 12.1 Å². The first-order valence-electron chi connectivity index (χ1n) is 4.88. The summed E-state index contributed by atoms with van der Waals surface area (Å²) in [5.41, 5.74) is 0.805. The van der Waals surface area contributed by atoms with Crippen molar-refractivity contribution in [3.05, 3.63) is 28.3 Å². The van der Waals surface area contributed by atoms with Gasteiger partial charge in [-0.1, -0.05) is 32.4 Å². The Morgan fingerprint density at radius 2 is 1.94 bits per heavy atom. The molecule has 0 saturated heterocycles. The molecule has 0 heterocycles. The number of carbonyl (C=O) groups is 1. The third-order valence-corrected chi connectivity index (χ3v) is 2.75. The fourth-order valence-electron chi connectivity index (χ4n) is 1.34. The van der Waals surface area contributed by atoms with Crippen LogP contribution in [0.1, 0.15) is 36.7 Å². The van der Waals surface area contributed by atoms with Gasteiger partial charge in [-0.2, -0.15) is 0 Å². The molecule has 0 radical (unpaired) electrons. The third kappa shape index (κ3) is 2.47. The maximum atomic E-state index is 11.0. The molecule has 16 heavy (non-hydrogen) atoms. The Kier molecular flexibility index (Phi) is 3.48. The van der Waals surface area contributed by atoms with Crippen LogP contribution in [0.2, 0.25) is 5.02 Å². The SMILES string of the molecule is COc1cc(C(C)(C)C)cc(C(=O)O)c1Cl. The number of hydrogen-bond donors (Lipinski definition) is 1. The van der Waals surface area contributed by atoms with Gasteiger partial charge in [0.05, 0.1) is 17.7 Å². The van der Waals surface area contributed by atoms with Crippen molar-refractivity contribution < 1.29 is 14.6 Å². The summed E-state index contributed by atoms with van der Waals surface area (Å²) in [6.45, 7) is 6.00. The van der Waals surface area contributed by atoms with Gasteiger partial charge in [0, 0.05) is 0 Å². The topological polar surface area (TPSA) is 46.5 Å². The quantitative estimate of drug-likeness (QED) is 0.865. The molecule has 0 aliphatic carbocycles. The van der Waals surface area contributed by atoms with Crippen LogP contribution in [0.3, 0.4) is 0 Å². The maximum Gasteiger partial charge on any atom is 0.337 e. The van der Waals surface area contributed by atoms with E-state index in [1.54, 1.807) is 12.1 Å². The first kappa shape index (κ1) is 12.8. The molecule has 88 valence electrons. The Labute approximate surface area is 100.0 Å². The molecule has 3 nitrogen and oxygen atoms in total. The van der Waals surface area contributed by atoms with Crippen LogP contribution in [-0.2, 0) is 5.41 Å². The van der Waals surface area contributed by atoms with Crippen molar-refractivity contribution in [1.82, 2.24) is 0 Å². The average molecular weight is 243 g/mol. The number of carboxylic acid groups (broad SMARTS) is 1. The third-order valence-electron chi connectivity index (χ3n) is 2.36. The van der Waals surface area contributed by atoms with E-state index in [1.165, 1.54) is 7.11 Å². The molecule has 4 heteroatoms. The van der Waals surface area contributed by atoms with Crippen LogP contribution in [-0.4, -0.2) is 18.2 Å². The summed E-state index contributed by atoms with van der Waals surface area (Å²) >= 11 is 5.92. The number of ether oxygens (including phenoxy) is 1. The normalized spacial score (nSPS) is 11.3. The molecule has 0 saturated carbocycles. The Morgan fingerprint density at radius 3 is 2.31 bits per heavy atom. The molecule has 0 fully saturated rings. The average Bonchev–Trinajstić information content (AvgIpc) is 2.15. The summed E-state index contributed by atoms with van der Waals surface area (Å²) in [4.78, 5) is 11.0. The predicted molar refractivity (Wildman–Crippen MR) is 63.7 cm³/mol. The van der Waals surface area contributed by atoms with E-state index in [0.29, 0.717) is 5.75 Å². The minimum atomic E-state index is -1.05. The van der Waals surface area contributed by atoms with Crippen molar-refractivity contribution in [1.29, 1.82) is 0 Å². The van der Waals surface area contributed by atoms with Crippen molar-refractivity contribution >= 4 is 17.6 Å². The van der Waals surface area contributed by atoms with Crippen LogP contribution < -0.4 is 4.74 Å². The van der Waals surface area contributed by atoms with Crippen LogP contribution in [0.4, 0.5) is 0 Å². The molecule has 0 amide bonds. The summed E-state index contributed by atoms with van der Waals surface area (Å²) in [6, 6.07) is 3.36. The molecule has 0 aliphatic rings. The van der Waals surface area contributed by atoms with E-state index in [-0.39, 0.29) is 16.0 Å². The second kappa shape index (κ2) is 4.34. The summed E-state index contributed by atoms with van der Waals surface area (Å²) in [7, 11) is 1.47. The summed E-state index contributed by atoms with van der Waals surface area (Å²) < 4.78 is 5.08. The summed E-state index contributed by atoms with van der Waals surface area (Å²) in [5, 5.41) is 9.18. The minimum absolute atomic E-state index is 0.0749. The van der Waals surface area contributed by atoms with Crippen LogP contribution in [0.5, 0.6) is 5.75 Å². The molecule has 1 rings (SSSR count). The van der Waals surface area contributed by atoms with Gasteiger partial charge in [-0.15, -0.1) is 0 Å². The van der Waals surface area contributed by atoms with E-state index in [2.05, 4.69) is 0 Å². The Balaban J connectivity index is 3.46. The molecule has 0 unspecified atom stereocenters. The van der Waals surface area contributed by atoms with E-state index >= 15 is 0 Å². The van der Waals surface area contributed by atoms with Crippen molar-refractivity contribution in [2.24, 2.45) is 0 Å².